The number of fused-ring (bicyclic) bond motifs is 1. The Morgan fingerprint density at radius 3 is 2.54 bits per heavy atom. The van der Waals surface area contributed by atoms with Crippen LogP contribution in [-0.2, 0) is 16.4 Å². The second-order valence-electron chi connectivity index (χ2n) is 6.76. The highest BCUT2D eigenvalue weighted by Gasteiger charge is 2.29. The summed E-state index contributed by atoms with van der Waals surface area (Å²) in [4.78, 5) is 4.00. The van der Waals surface area contributed by atoms with Crippen LogP contribution in [0.2, 0.25) is 0 Å². The van der Waals surface area contributed by atoms with E-state index in [4.69, 9.17) is 9.88 Å². The topological polar surface area (TPSA) is 72.6 Å². The van der Waals surface area contributed by atoms with Crippen molar-refractivity contribution < 1.29 is 13.2 Å². The summed E-state index contributed by atoms with van der Waals surface area (Å²) in [5.41, 5.74) is 2.68. The Hall–Kier alpha value is -2.19. The van der Waals surface area contributed by atoms with Crippen molar-refractivity contribution in [2.75, 3.05) is 19.7 Å². The van der Waals surface area contributed by atoms with Gasteiger partial charge in [0.2, 0.25) is 10.0 Å². The number of nitrogens with two attached hydrogens (primary N) is 1. The number of primary sulfonamides is 1. The van der Waals surface area contributed by atoms with Crippen LogP contribution < -0.4 is 9.88 Å². The quantitative estimate of drug-likeness (QED) is 0.671. The summed E-state index contributed by atoms with van der Waals surface area (Å²) in [7, 11) is -3.68. The van der Waals surface area contributed by atoms with Gasteiger partial charge in [-0.15, -0.1) is 11.3 Å². The molecule has 7 heteroatoms. The van der Waals surface area contributed by atoms with Gasteiger partial charge in [0.25, 0.3) is 0 Å². The number of nitrogens with zero attached hydrogens (tertiary/aromatic N) is 1. The molecule has 1 unspecified atom stereocenters. The molecule has 2 N–H and O–H groups in total. The van der Waals surface area contributed by atoms with Crippen molar-refractivity contribution in [3.05, 3.63) is 82.0 Å². The van der Waals surface area contributed by atoms with Gasteiger partial charge >= 0.3 is 0 Å². The van der Waals surface area contributed by atoms with Crippen LogP contribution in [-0.4, -0.2) is 33.0 Å². The molecule has 2 heterocycles. The van der Waals surface area contributed by atoms with Gasteiger partial charge in [-0.3, -0.25) is 4.90 Å². The molecule has 0 radical (unpaired) electrons. The number of rotatable bonds is 6. The molecule has 1 atom stereocenters. The van der Waals surface area contributed by atoms with E-state index in [1.54, 1.807) is 12.1 Å². The lowest BCUT2D eigenvalue weighted by molar-refractivity contribution is 0.171. The normalized spacial score (nSPS) is 17.2. The minimum Gasteiger partial charge on any atom is -0.492 e. The fourth-order valence-corrected chi connectivity index (χ4v) is 5.06. The van der Waals surface area contributed by atoms with Gasteiger partial charge in [0.05, 0.1) is 10.9 Å². The molecule has 2 aromatic carbocycles. The summed E-state index contributed by atoms with van der Waals surface area (Å²) in [6.45, 7) is 2.30. The van der Waals surface area contributed by atoms with E-state index < -0.39 is 10.0 Å². The Balaban J connectivity index is 1.45. The number of benzene rings is 2. The third kappa shape index (κ3) is 4.12. The first-order valence-corrected chi connectivity index (χ1v) is 11.6. The van der Waals surface area contributed by atoms with E-state index >= 15 is 0 Å². The number of thiophene rings is 1. The van der Waals surface area contributed by atoms with Crippen molar-refractivity contribution in [3.8, 4) is 5.75 Å². The second-order valence-corrected chi connectivity index (χ2v) is 9.33. The third-order valence-corrected chi connectivity index (χ3v) is 6.91. The zero-order chi connectivity index (χ0) is 19.6. The van der Waals surface area contributed by atoms with Gasteiger partial charge in [-0.2, -0.15) is 0 Å². The van der Waals surface area contributed by atoms with Gasteiger partial charge in [0, 0.05) is 18.0 Å². The molecule has 0 aliphatic carbocycles. The Morgan fingerprint density at radius 1 is 1.07 bits per heavy atom. The van der Waals surface area contributed by atoms with Crippen molar-refractivity contribution in [1.29, 1.82) is 0 Å². The molecule has 4 rings (SSSR count). The Labute approximate surface area is 169 Å². The molecule has 0 saturated heterocycles. The second kappa shape index (κ2) is 8.05. The number of hydrogen-bond acceptors (Lipinski definition) is 5. The van der Waals surface area contributed by atoms with Gasteiger partial charge in [-0.1, -0.05) is 30.3 Å². The Morgan fingerprint density at radius 2 is 1.82 bits per heavy atom. The zero-order valence-electron chi connectivity index (χ0n) is 15.3. The van der Waals surface area contributed by atoms with E-state index in [-0.39, 0.29) is 10.9 Å². The molecule has 1 aromatic heterocycles. The standard InChI is InChI=1S/C21H22N2O3S2/c22-28(24,25)18-8-6-17(7-9-18)26-14-13-23-12-10-20-19(11-15-27-20)21(23)16-4-2-1-3-5-16/h1-9,11,15,21H,10,12-14H2,(H2,22,24,25). The van der Waals surface area contributed by atoms with E-state index in [1.807, 2.05) is 17.4 Å². The van der Waals surface area contributed by atoms with Gasteiger partial charge in [0.1, 0.15) is 12.4 Å². The molecular formula is C21H22N2O3S2. The fourth-order valence-electron chi connectivity index (χ4n) is 3.64. The number of hydrogen-bond donors (Lipinski definition) is 1. The molecule has 146 valence electrons. The molecule has 0 spiro atoms. The molecular weight excluding hydrogens is 392 g/mol. The van der Waals surface area contributed by atoms with Gasteiger partial charge < -0.3 is 4.74 Å². The third-order valence-electron chi connectivity index (χ3n) is 4.98. The lowest BCUT2D eigenvalue weighted by Gasteiger charge is -2.36. The maximum Gasteiger partial charge on any atom is 0.238 e. The lowest BCUT2D eigenvalue weighted by Crippen LogP contribution is -2.38. The largest absolute Gasteiger partial charge is 0.492 e. The molecule has 3 aromatic rings. The maximum absolute atomic E-state index is 11.3. The van der Waals surface area contributed by atoms with E-state index in [2.05, 4.69) is 40.6 Å². The monoisotopic (exact) mass is 414 g/mol. The van der Waals surface area contributed by atoms with Gasteiger partial charge in [-0.25, -0.2) is 13.6 Å². The lowest BCUT2D eigenvalue weighted by atomic mass is 9.93. The smallest absolute Gasteiger partial charge is 0.238 e. The van der Waals surface area contributed by atoms with Crippen LogP contribution in [0.4, 0.5) is 0 Å². The summed E-state index contributed by atoms with van der Waals surface area (Å²) < 4.78 is 28.5. The average molecular weight is 415 g/mol. The molecule has 1 aliphatic heterocycles. The first-order chi connectivity index (χ1) is 13.5. The molecule has 0 fully saturated rings. The van der Waals surface area contributed by atoms with Crippen LogP contribution in [0.1, 0.15) is 22.0 Å². The predicted molar refractivity (Wildman–Crippen MR) is 111 cm³/mol. The highest BCUT2D eigenvalue weighted by Crippen LogP contribution is 2.37. The summed E-state index contributed by atoms with van der Waals surface area (Å²) >= 11 is 1.83. The van der Waals surface area contributed by atoms with Crippen LogP contribution >= 0.6 is 11.3 Å². The summed E-state index contributed by atoms with van der Waals surface area (Å²) in [6.07, 6.45) is 1.05. The molecule has 5 nitrogen and oxygen atoms in total. The Bertz CT molecular complexity index is 1030. The Kier molecular flexibility index (Phi) is 5.50. The first kappa shape index (κ1) is 19.1. The van der Waals surface area contributed by atoms with Gasteiger partial charge in [-0.05, 0) is 53.3 Å². The summed E-state index contributed by atoms with van der Waals surface area (Å²) in [5.74, 6) is 0.636. The van der Waals surface area contributed by atoms with Gasteiger partial charge in [0.15, 0.2) is 0 Å². The highest BCUT2D eigenvalue weighted by atomic mass is 32.2. The van der Waals surface area contributed by atoms with Crippen molar-refractivity contribution in [2.45, 2.75) is 17.4 Å². The SMILES string of the molecule is NS(=O)(=O)c1ccc(OCCN2CCc3sccc3C2c2ccccc2)cc1. The highest BCUT2D eigenvalue weighted by molar-refractivity contribution is 7.89. The van der Waals surface area contributed by atoms with Crippen molar-refractivity contribution in [3.63, 3.8) is 0 Å². The fraction of sp³-hybridized carbons (Fsp3) is 0.238. The molecule has 0 amide bonds. The maximum atomic E-state index is 11.3. The van der Waals surface area contributed by atoms with Crippen molar-refractivity contribution >= 4 is 21.4 Å². The number of sulfonamides is 1. The summed E-state index contributed by atoms with van der Waals surface area (Å²) in [5, 5.41) is 7.30. The number of ether oxygens (including phenoxy) is 1. The van der Waals surface area contributed by atoms with E-state index in [0.29, 0.717) is 12.4 Å². The van der Waals surface area contributed by atoms with Crippen LogP contribution in [0.25, 0.3) is 0 Å². The summed E-state index contributed by atoms with van der Waals surface area (Å²) in [6, 6.07) is 19.2. The van der Waals surface area contributed by atoms with Crippen LogP contribution in [0, 0.1) is 0 Å². The molecule has 1 aliphatic rings. The first-order valence-electron chi connectivity index (χ1n) is 9.13. The van der Waals surface area contributed by atoms with Crippen molar-refractivity contribution in [1.82, 2.24) is 4.90 Å². The van der Waals surface area contributed by atoms with E-state index in [0.717, 1.165) is 19.5 Å². The molecule has 0 saturated carbocycles. The molecule has 0 bridgehead atoms. The minimum atomic E-state index is -3.68. The van der Waals surface area contributed by atoms with Crippen molar-refractivity contribution in [2.24, 2.45) is 5.14 Å². The molecule has 28 heavy (non-hydrogen) atoms. The zero-order valence-corrected chi connectivity index (χ0v) is 17.0. The predicted octanol–water partition coefficient (Wildman–Crippen LogP) is 3.42. The van der Waals surface area contributed by atoms with E-state index in [9.17, 15) is 8.42 Å². The average Bonchev–Trinajstić information content (AvgIpc) is 3.17. The van der Waals surface area contributed by atoms with E-state index in [1.165, 1.54) is 28.1 Å². The minimum absolute atomic E-state index is 0.0880. The van der Waals surface area contributed by atoms with Crippen LogP contribution in [0.5, 0.6) is 5.75 Å². The van der Waals surface area contributed by atoms with Crippen LogP contribution in [0.15, 0.2) is 70.9 Å². The van der Waals surface area contributed by atoms with Crippen LogP contribution in [0.3, 0.4) is 0 Å².